The second-order valence-electron chi connectivity index (χ2n) is 8.22. The van der Waals surface area contributed by atoms with E-state index in [1.807, 2.05) is 36.4 Å². The van der Waals surface area contributed by atoms with Crippen LogP contribution in [0.25, 0.3) is 0 Å². The molecule has 0 radical (unpaired) electrons. The van der Waals surface area contributed by atoms with Crippen molar-refractivity contribution in [2.45, 2.75) is 31.6 Å². The molecule has 0 N–H and O–H groups in total. The van der Waals surface area contributed by atoms with Crippen LogP contribution in [0.4, 0.5) is 4.39 Å². The van der Waals surface area contributed by atoms with E-state index in [1.54, 1.807) is 26.4 Å². The fraction of sp³-hybridized carbons (Fsp3) is 0.321. The molecule has 0 heterocycles. The van der Waals surface area contributed by atoms with Crippen LogP contribution < -0.4 is 14.2 Å². The molecule has 0 saturated carbocycles. The van der Waals surface area contributed by atoms with Crippen molar-refractivity contribution in [2.75, 3.05) is 27.9 Å². The Morgan fingerprint density at radius 2 is 1.36 bits per heavy atom. The molecule has 0 aliphatic heterocycles. The summed E-state index contributed by atoms with van der Waals surface area (Å²) in [7, 11) is 4.48. The van der Waals surface area contributed by atoms with Gasteiger partial charge in [0.2, 0.25) is 0 Å². The van der Waals surface area contributed by atoms with Crippen molar-refractivity contribution in [2.24, 2.45) is 5.16 Å². The van der Waals surface area contributed by atoms with Crippen LogP contribution in [0.1, 0.15) is 11.1 Å². The zero-order chi connectivity index (χ0) is 28.2. The Bertz CT molecular complexity index is 1200. The average molecular weight is 601 g/mol. The lowest BCUT2D eigenvalue weighted by Gasteiger charge is -2.29. The van der Waals surface area contributed by atoms with Gasteiger partial charge in [0.25, 0.3) is 0 Å². The summed E-state index contributed by atoms with van der Waals surface area (Å²) in [5.74, 6) is 1.60. The van der Waals surface area contributed by atoms with Gasteiger partial charge in [0, 0.05) is 6.07 Å². The number of hydrogen-bond donors (Lipinski definition) is 0. The first-order chi connectivity index (χ1) is 18.8. The smallest absolute Gasteiger partial charge is 0.168 e. The van der Waals surface area contributed by atoms with Crippen LogP contribution in [0.5, 0.6) is 17.2 Å². The van der Waals surface area contributed by atoms with Gasteiger partial charge in [-0.3, -0.25) is 0 Å². The maximum atomic E-state index is 15.5. The van der Waals surface area contributed by atoms with Crippen LogP contribution in [-0.4, -0.2) is 52.5 Å². The molecule has 210 valence electrons. The maximum absolute atomic E-state index is 15.5. The summed E-state index contributed by atoms with van der Waals surface area (Å²) >= 11 is 18.6. The number of ether oxygens (including phenoxy) is 5. The summed E-state index contributed by atoms with van der Waals surface area (Å²) in [6.07, 6.45) is -2.88. The summed E-state index contributed by atoms with van der Waals surface area (Å²) in [5, 5.41) is 4.25. The minimum absolute atomic E-state index is 0.0584. The third-order valence-corrected chi connectivity index (χ3v) is 6.57. The molecule has 0 saturated heterocycles. The van der Waals surface area contributed by atoms with E-state index in [9.17, 15) is 0 Å². The van der Waals surface area contributed by atoms with E-state index < -0.39 is 18.4 Å². The molecule has 0 aromatic heterocycles. The van der Waals surface area contributed by atoms with E-state index in [2.05, 4.69) is 9.99 Å². The van der Waals surface area contributed by atoms with Crippen molar-refractivity contribution in [1.82, 2.24) is 0 Å². The molecular weight excluding hydrogens is 572 g/mol. The number of rotatable bonds is 15. The van der Waals surface area contributed by atoms with Gasteiger partial charge in [-0.2, -0.15) is 0 Å². The third-order valence-electron chi connectivity index (χ3n) is 5.55. The number of oxime groups is 1. The van der Waals surface area contributed by atoms with Crippen molar-refractivity contribution in [3.63, 3.8) is 0 Å². The number of alkyl halides is 1. The maximum Gasteiger partial charge on any atom is 0.168 e. The lowest BCUT2D eigenvalue weighted by molar-refractivity contribution is -0.0873. The zero-order valence-electron chi connectivity index (χ0n) is 21.6. The average Bonchev–Trinajstić information content (AvgIpc) is 2.95. The molecule has 3 aromatic rings. The molecule has 3 aromatic carbocycles. The van der Waals surface area contributed by atoms with E-state index >= 15 is 4.39 Å². The molecule has 39 heavy (non-hydrogen) atoms. The number of benzene rings is 3. The van der Waals surface area contributed by atoms with Crippen LogP contribution in [0.3, 0.4) is 0 Å². The summed E-state index contributed by atoms with van der Waals surface area (Å²) in [6, 6.07) is 17.5. The van der Waals surface area contributed by atoms with E-state index in [0.29, 0.717) is 5.75 Å². The summed E-state index contributed by atoms with van der Waals surface area (Å²) in [6.45, 7) is 0.244. The van der Waals surface area contributed by atoms with Crippen molar-refractivity contribution >= 4 is 41.0 Å². The highest BCUT2D eigenvalue weighted by Gasteiger charge is 2.33. The standard InChI is InChI=1S/C28H29Cl3FNO6/c1-34-20-8-4-18(5-9-20)15-37-17-27(39-26-13-23(30)22(29)12-24(26)31)28(25(32)14-33-36-3)38-16-19-6-10-21(35-2)11-7-19/h4-14,25,27-28H,15-17H2,1-3H3/t25-,27+,28-/m0/s1. The van der Waals surface area contributed by atoms with Gasteiger partial charge in [-0.05, 0) is 41.5 Å². The number of halogens is 4. The largest absolute Gasteiger partial charge is 0.497 e. The lowest BCUT2D eigenvalue weighted by atomic mass is 10.1. The molecule has 3 atom stereocenters. The molecule has 0 unspecified atom stereocenters. The predicted molar refractivity (Wildman–Crippen MR) is 151 cm³/mol. The van der Waals surface area contributed by atoms with Crippen LogP contribution >= 0.6 is 34.8 Å². The fourth-order valence-corrected chi connectivity index (χ4v) is 4.07. The molecule has 0 fully saturated rings. The number of methoxy groups -OCH3 is 2. The van der Waals surface area contributed by atoms with Crippen molar-refractivity contribution < 1.29 is 32.9 Å². The van der Waals surface area contributed by atoms with Crippen LogP contribution in [0, 0.1) is 0 Å². The summed E-state index contributed by atoms with van der Waals surface area (Å²) < 4.78 is 44.0. The van der Waals surface area contributed by atoms with Crippen LogP contribution in [0.2, 0.25) is 15.1 Å². The first-order valence-electron chi connectivity index (χ1n) is 11.8. The molecule has 0 amide bonds. The molecule has 7 nitrogen and oxygen atoms in total. The van der Waals surface area contributed by atoms with E-state index in [1.165, 1.54) is 19.2 Å². The molecule has 11 heteroatoms. The van der Waals surface area contributed by atoms with Gasteiger partial charge < -0.3 is 28.5 Å². The van der Waals surface area contributed by atoms with Crippen molar-refractivity contribution in [3.8, 4) is 17.2 Å². The first kappa shape index (κ1) is 30.8. The lowest BCUT2D eigenvalue weighted by Crippen LogP contribution is -2.44. The van der Waals surface area contributed by atoms with Gasteiger partial charge in [0.1, 0.15) is 30.5 Å². The number of nitrogens with zero attached hydrogens (tertiary/aromatic N) is 1. The Morgan fingerprint density at radius 1 is 0.795 bits per heavy atom. The molecule has 0 aliphatic rings. The SMILES string of the molecule is CON=C[C@H](F)[C@H](OCc1ccc(OC)cc1)[C@@H](COCc1ccc(OC)cc1)Oc1cc(Cl)c(Cl)cc1Cl. The van der Waals surface area contributed by atoms with Crippen molar-refractivity contribution in [1.29, 1.82) is 0 Å². The quantitative estimate of drug-likeness (QED) is 0.105. The minimum Gasteiger partial charge on any atom is -0.497 e. The zero-order valence-corrected chi connectivity index (χ0v) is 23.9. The van der Waals surface area contributed by atoms with E-state index in [0.717, 1.165) is 23.1 Å². The number of hydrogen-bond acceptors (Lipinski definition) is 7. The Kier molecular flexibility index (Phi) is 12.4. The Hall–Kier alpha value is -2.75. The van der Waals surface area contributed by atoms with Gasteiger partial charge in [-0.25, -0.2) is 4.39 Å². The van der Waals surface area contributed by atoms with Gasteiger partial charge in [0.15, 0.2) is 12.3 Å². The normalized spacial score (nSPS) is 13.6. The Morgan fingerprint density at radius 3 is 1.92 bits per heavy atom. The molecule has 0 bridgehead atoms. The Balaban J connectivity index is 1.85. The molecule has 0 aliphatic carbocycles. The molecule has 0 spiro atoms. The third kappa shape index (κ3) is 9.44. The van der Waals surface area contributed by atoms with Gasteiger partial charge in [-0.1, -0.05) is 64.2 Å². The second-order valence-corrected chi connectivity index (χ2v) is 9.44. The van der Waals surface area contributed by atoms with E-state index in [-0.39, 0.29) is 40.6 Å². The van der Waals surface area contributed by atoms with E-state index in [4.69, 9.17) is 58.5 Å². The highest BCUT2D eigenvalue weighted by atomic mass is 35.5. The molecule has 3 rings (SSSR count). The fourth-order valence-electron chi connectivity index (χ4n) is 3.49. The van der Waals surface area contributed by atoms with Crippen LogP contribution in [0.15, 0.2) is 65.8 Å². The van der Waals surface area contributed by atoms with Gasteiger partial charge in [0.05, 0.1) is 55.3 Å². The second kappa shape index (κ2) is 15.7. The van der Waals surface area contributed by atoms with Gasteiger partial charge in [-0.15, -0.1) is 0 Å². The summed E-state index contributed by atoms with van der Waals surface area (Å²) in [5.41, 5.74) is 1.68. The monoisotopic (exact) mass is 599 g/mol. The minimum atomic E-state index is -1.72. The molecular formula is C28H29Cl3FNO6. The highest BCUT2D eigenvalue weighted by Crippen LogP contribution is 2.35. The highest BCUT2D eigenvalue weighted by molar-refractivity contribution is 6.43. The summed E-state index contributed by atoms with van der Waals surface area (Å²) in [4.78, 5) is 4.68. The van der Waals surface area contributed by atoms with Crippen LogP contribution in [-0.2, 0) is 27.5 Å². The Labute approximate surface area is 242 Å². The predicted octanol–water partition coefficient (Wildman–Crippen LogP) is 7.18. The van der Waals surface area contributed by atoms with Gasteiger partial charge >= 0.3 is 0 Å². The first-order valence-corrected chi connectivity index (χ1v) is 12.9. The topological polar surface area (TPSA) is 67.7 Å². The van der Waals surface area contributed by atoms with Crippen molar-refractivity contribution in [3.05, 3.63) is 86.9 Å².